The van der Waals surface area contributed by atoms with Crippen molar-refractivity contribution in [3.63, 3.8) is 0 Å². The maximum absolute atomic E-state index is 11.1. The van der Waals surface area contributed by atoms with E-state index in [-0.39, 0.29) is 12.5 Å². The van der Waals surface area contributed by atoms with Crippen molar-refractivity contribution in [2.75, 3.05) is 26.4 Å². The summed E-state index contributed by atoms with van der Waals surface area (Å²) in [6.45, 7) is 3.34. The summed E-state index contributed by atoms with van der Waals surface area (Å²) in [7, 11) is 0. The minimum absolute atomic E-state index is 0.0947. The highest BCUT2D eigenvalue weighted by Gasteiger charge is 1.99. The predicted molar refractivity (Wildman–Crippen MR) is 66.4 cm³/mol. The molecule has 0 saturated carbocycles. The van der Waals surface area contributed by atoms with Crippen LogP contribution in [0.2, 0.25) is 5.02 Å². The Hall–Kier alpha value is -1.26. The molecule has 0 bridgehead atoms. The number of carbonyl (C=O) groups excluding carboxylic acids is 1. The van der Waals surface area contributed by atoms with Gasteiger partial charge in [0, 0.05) is 11.6 Å². The van der Waals surface area contributed by atoms with E-state index in [0.29, 0.717) is 24.8 Å². The summed E-state index contributed by atoms with van der Waals surface area (Å²) >= 11 is 5.74. The molecule has 0 aromatic heterocycles. The Kier molecular flexibility index (Phi) is 6.43. The predicted octanol–water partition coefficient (Wildman–Crippen LogP) is 1.87. The van der Waals surface area contributed by atoms with Crippen molar-refractivity contribution in [1.29, 1.82) is 0 Å². The largest absolute Gasteiger partial charge is 0.492 e. The molecule has 1 aromatic carbocycles. The molecule has 0 radical (unpaired) electrons. The first-order valence-electron chi connectivity index (χ1n) is 5.45. The minimum atomic E-state index is -0.133. The van der Waals surface area contributed by atoms with Gasteiger partial charge in [-0.05, 0) is 31.2 Å². The van der Waals surface area contributed by atoms with Crippen molar-refractivity contribution in [3.05, 3.63) is 29.3 Å². The van der Waals surface area contributed by atoms with Crippen LogP contribution in [-0.2, 0) is 9.53 Å². The molecule has 17 heavy (non-hydrogen) atoms. The number of amides is 1. The number of carbonyl (C=O) groups is 1. The Bertz CT molecular complexity index is 340. The number of ether oxygens (including phenoxy) is 2. The zero-order valence-corrected chi connectivity index (χ0v) is 10.5. The van der Waals surface area contributed by atoms with Gasteiger partial charge in [0.25, 0.3) is 0 Å². The van der Waals surface area contributed by atoms with E-state index in [4.69, 9.17) is 21.1 Å². The van der Waals surface area contributed by atoms with E-state index in [2.05, 4.69) is 5.32 Å². The molecule has 0 aliphatic heterocycles. The molecule has 0 unspecified atom stereocenters. The fraction of sp³-hybridized carbons (Fsp3) is 0.417. The van der Waals surface area contributed by atoms with Gasteiger partial charge < -0.3 is 14.8 Å². The average Bonchev–Trinajstić information content (AvgIpc) is 2.34. The lowest BCUT2D eigenvalue weighted by Crippen LogP contribution is -2.31. The van der Waals surface area contributed by atoms with Crippen LogP contribution in [0, 0.1) is 0 Å². The van der Waals surface area contributed by atoms with Crippen molar-refractivity contribution in [2.24, 2.45) is 0 Å². The Labute approximate surface area is 106 Å². The molecule has 0 atom stereocenters. The minimum Gasteiger partial charge on any atom is -0.492 e. The third-order valence-electron chi connectivity index (χ3n) is 1.94. The lowest BCUT2D eigenvalue weighted by Gasteiger charge is -2.07. The van der Waals surface area contributed by atoms with Crippen LogP contribution in [0.25, 0.3) is 0 Å². The van der Waals surface area contributed by atoms with E-state index in [1.807, 2.05) is 6.92 Å². The average molecular weight is 258 g/mol. The molecule has 1 N–H and O–H groups in total. The Morgan fingerprint density at radius 2 is 2.06 bits per heavy atom. The first-order chi connectivity index (χ1) is 8.22. The molecule has 0 aliphatic carbocycles. The van der Waals surface area contributed by atoms with Gasteiger partial charge in [-0.2, -0.15) is 0 Å². The number of hydrogen-bond donors (Lipinski definition) is 1. The lowest BCUT2D eigenvalue weighted by molar-refractivity contribution is -0.125. The van der Waals surface area contributed by atoms with Crippen LogP contribution >= 0.6 is 11.6 Å². The highest BCUT2D eigenvalue weighted by atomic mass is 35.5. The van der Waals surface area contributed by atoms with E-state index in [0.717, 1.165) is 5.75 Å². The van der Waals surface area contributed by atoms with Crippen LogP contribution in [0.1, 0.15) is 6.92 Å². The SMILES string of the molecule is CCOCC(=O)NCCOc1ccc(Cl)cc1. The van der Waals surface area contributed by atoms with Crippen LogP contribution in [0.5, 0.6) is 5.75 Å². The smallest absolute Gasteiger partial charge is 0.246 e. The second kappa shape index (κ2) is 7.92. The molecule has 0 saturated heterocycles. The van der Waals surface area contributed by atoms with Gasteiger partial charge in [-0.15, -0.1) is 0 Å². The molecule has 0 fully saturated rings. The zero-order valence-electron chi connectivity index (χ0n) is 9.74. The van der Waals surface area contributed by atoms with Crippen LogP contribution in [-0.4, -0.2) is 32.3 Å². The van der Waals surface area contributed by atoms with Crippen molar-refractivity contribution in [3.8, 4) is 5.75 Å². The van der Waals surface area contributed by atoms with E-state index in [9.17, 15) is 4.79 Å². The summed E-state index contributed by atoms with van der Waals surface area (Å²) in [5, 5.41) is 3.35. The second-order valence-electron chi connectivity index (χ2n) is 3.29. The van der Waals surface area contributed by atoms with Gasteiger partial charge >= 0.3 is 0 Å². The monoisotopic (exact) mass is 257 g/mol. The summed E-state index contributed by atoms with van der Waals surface area (Å²) in [6.07, 6.45) is 0. The molecule has 1 rings (SSSR count). The fourth-order valence-corrected chi connectivity index (χ4v) is 1.26. The third-order valence-corrected chi connectivity index (χ3v) is 2.20. The number of halogens is 1. The topological polar surface area (TPSA) is 47.6 Å². The molecule has 0 spiro atoms. The van der Waals surface area contributed by atoms with E-state index >= 15 is 0 Å². The molecule has 1 amide bonds. The standard InChI is InChI=1S/C12H16ClNO3/c1-2-16-9-12(15)14-7-8-17-11-5-3-10(13)4-6-11/h3-6H,2,7-9H2,1H3,(H,14,15). The van der Waals surface area contributed by atoms with Crippen LogP contribution < -0.4 is 10.1 Å². The molecular weight excluding hydrogens is 242 g/mol. The summed E-state index contributed by atoms with van der Waals surface area (Å²) in [5.41, 5.74) is 0. The normalized spacial score (nSPS) is 10.0. The Morgan fingerprint density at radius 1 is 1.35 bits per heavy atom. The molecule has 0 heterocycles. The number of rotatable bonds is 7. The highest BCUT2D eigenvalue weighted by Crippen LogP contribution is 2.14. The highest BCUT2D eigenvalue weighted by molar-refractivity contribution is 6.30. The molecule has 0 aliphatic rings. The molecule has 5 heteroatoms. The second-order valence-corrected chi connectivity index (χ2v) is 3.73. The Morgan fingerprint density at radius 3 is 2.71 bits per heavy atom. The van der Waals surface area contributed by atoms with Gasteiger partial charge in [-0.3, -0.25) is 4.79 Å². The van der Waals surface area contributed by atoms with E-state index in [1.165, 1.54) is 0 Å². The molecule has 4 nitrogen and oxygen atoms in total. The molecular formula is C12H16ClNO3. The van der Waals surface area contributed by atoms with E-state index < -0.39 is 0 Å². The maximum Gasteiger partial charge on any atom is 0.246 e. The van der Waals surface area contributed by atoms with Crippen LogP contribution in [0.4, 0.5) is 0 Å². The number of hydrogen-bond acceptors (Lipinski definition) is 3. The summed E-state index contributed by atoms with van der Waals surface area (Å²) in [6, 6.07) is 7.07. The number of benzene rings is 1. The first kappa shape index (κ1) is 13.8. The van der Waals surface area contributed by atoms with Crippen molar-refractivity contribution >= 4 is 17.5 Å². The Balaban J connectivity index is 2.11. The summed E-state index contributed by atoms with van der Waals surface area (Å²) < 4.78 is 10.4. The third kappa shape index (κ3) is 6.14. The zero-order chi connectivity index (χ0) is 12.5. The van der Waals surface area contributed by atoms with Gasteiger partial charge in [0.2, 0.25) is 5.91 Å². The maximum atomic E-state index is 11.1. The summed E-state index contributed by atoms with van der Waals surface area (Å²) in [4.78, 5) is 11.1. The van der Waals surface area contributed by atoms with Gasteiger partial charge in [-0.1, -0.05) is 11.6 Å². The van der Waals surface area contributed by atoms with E-state index in [1.54, 1.807) is 24.3 Å². The lowest BCUT2D eigenvalue weighted by atomic mass is 10.3. The molecule has 94 valence electrons. The van der Waals surface area contributed by atoms with Gasteiger partial charge in [0.1, 0.15) is 19.0 Å². The number of nitrogens with one attached hydrogen (secondary N) is 1. The van der Waals surface area contributed by atoms with Gasteiger partial charge in [0.05, 0.1) is 6.54 Å². The first-order valence-corrected chi connectivity index (χ1v) is 5.83. The van der Waals surface area contributed by atoms with Crippen LogP contribution in [0.3, 0.4) is 0 Å². The van der Waals surface area contributed by atoms with Crippen molar-refractivity contribution in [2.45, 2.75) is 6.92 Å². The fourth-order valence-electron chi connectivity index (χ4n) is 1.14. The quantitative estimate of drug-likeness (QED) is 0.759. The van der Waals surface area contributed by atoms with Gasteiger partial charge in [-0.25, -0.2) is 0 Å². The van der Waals surface area contributed by atoms with Crippen molar-refractivity contribution < 1.29 is 14.3 Å². The van der Waals surface area contributed by atoms with Crippen LogP contribution in [0.15, 0.2) is 24.3 Å². The molecule has 1 aromatic rings. The summed E-state index contributed by atoms with van der Waals surface area (Å²) in [5.74, 6) is 0.597. The van der Waals surface area contributed by atoms with Crippen molar-refractivity contribution in [1.82, 2.24) is 5.32 Å². The van der Waals surface area contributed by atoms with Gasteiger partial charge in [0.15, 0.2) is 0 Å².